The van der Waals surface area contributed by atoms with Gasteiger partial charge in [-0.3, -0.25) is 4.99 Å². The third-order valence-corrected chi connectivity index (χ3v) is 2.56. The third kappa shape index (κ3) is 4.47. The highest BCUT2D eigenvalue weighted by Gasteiger charge is 2.14. The van der Waals surface area contributed by atoms with Crippen molar-refractivity contribution in [1.29, 1.82) is 0 Å². The Morgan fingerprint density at radius 3 is 2.93 bits per heavy atom. The number of nitrogens with zero attached hydrogens (tertiary/aromatic N) is 2. The van der Waals surface area contributed by atoms with Gasteiger partial charge in [0.1, 0.15) is 0 Å². The van der Waals surface area contributed by atoms with Crippen molar-refractivity contribution in [3.05, 3.63) is 12.2 Å². The van der Waals surface area contributed by atoms with Crippen LogP contribution in [-0.2, 0) is 0 Å². The first-order valence-electron chi connectivity index (χ1n) is 5.92. The fraction of sp³-hybridized carbons (Fsp3) is 0.750. The number of hydrogen-bond acceptors (Lipinski definition) is 3. The lowest BCUT2D eigenvalue weighted by Gasteiger charge is -2.18. The standard InChI is InChI=1S/C12H22N2O/c1-2-3-4-5-6-7-12-13-8-9-14(12)10-11-15/h4-5,15H,2-3,6-11H2,1H3/b5-4+. The van der Waals surface area contributed by atoms with Crippen LogP contribution in [0.1, 0.15) is 32.6 Å². The molecule has 0 aromatic heterocycles. The highest BCUT2D eigenvalue weighted by Crippen LogP contribution is 2.07. The molecule has 1 aliphatic heterocycles. The molecule has 1 heterocycles. The molecular formula is C12H22N2O. The number of unbranched alkanes of at least 4 members (excludes halogenated alkanes) is 1. The third-order valence-electron chi connectivity index (χ3n) is 2.56. The number of hydrogen-bond donors (Lipinski definition) is 1. The maximum Gasteiger partial charge on any atom is 0.0994 e. The molecular weight excluding hydrogens is 188 g/mol. The van der Waals surface area contributed by atoms with Gasteiger partial charge in [0.15, 0.2) is 0 Å². The molecule has 3 heteroatoms. The Morgan fingerprint density at radius 1 is 1.40 bits per heavy atom. The summed E-state index contributed by atoms with van der Waals surface area (Å²) in [5.41, 5.74) is 0. The molecule has 0 aromatic rings. The summed E-state index contributed by atoms with van der Waals surface area (Å²) >= 11 is 0. The predicted octanol–water partition coefficient (Wildman–Crippen LogP) is 1.83. The molecule has 86 valence electrons. The zero-order chi connectivity index (χ0) is 10.9. The molecule has 0 saturated heterocycles. The Labute approximate surface area is 92.5 Å². The maximum atomic E-state index is 8.88. The molecule has 0 saturated carbocycles. The van der Waals surface area contributed by atoms with Gasteiger partial charge in [0.25, 0.3) is 0 Å². The minimum Gasteiger partial charge on any atom is -0.395 e. The molecule has 15 heavy (non-hydrogen) atoms. The molecule has 0 aromatic carbocycles. The summed E-state index contributed by atoms with van der Waals surface area (Å²) in [7, 11) is 0. The zero-order valence-corrected chi connectivity index (χ0v) is 9.65. The second-order valence-corrected chi connectivity index (χ2v) is 3.81. The van der Waals surface area contributed by atoms with Crippen molar-refractivity contribution in [2.75, 3.05) is 26.2 Å². The molecule has 3 nitrogen and oxygen atoms in total. The van der Waals surface area contributed by atoms with E-state index in [9.17, 15) is 0 Å². The van der Waals surface area contributed by atoms with Gasteiger partial charge in [0, 0.05) is 19.5 Å². The van der Waals surface area contributed by atoms with Crippen molar-refractivity contribution in [2.24, 2.45) is 4.99 Å². The Hall–Kier alpha value is -0.830. The molecule has 1 rings (SSSR count). The topological polar surface area (TPSA) is 35.8 Å². The van der Waals surface area contributed by atoms with Crippen LogP contribution in [0.5, 0.6) is 0 Å². The van der Waals surface area contributed by atoms with Crippen LogP contribution in [0.2, 0.25) is 0 Å². The van der Waals surface area contributed by atoms with Crippen LogP contribution in [0.15, 0.2) is 17.1 Å². The van der Waals surface area contributed by atoms with Crippen LogP contribution >= 0.6 is 0 Å². The first-order valence-corrected chi connectivity index (χ1v) is 5.92. The largest absolute Gasteiger partial charge is 0.395 e. The van der Waals surface area contributed by atoms with Crippen LogP contribution in [0.4, 0.5) is 0 Å². The molecule has 0 radical (unpaired) electrons. The van der Waals surface area contributed by atoms with Gasteiger partial charge in [0.2, 0.25) is 0 Å². The van der Waals surface area contributed by atoms with Crippen molar-refractivity contribution in [1.82, 2.24) is 4.90 Å². The summed E-state index contributed by atoms with van der Waals surface area (Å²) in [6, 6.07) is 0. The van der Waals surface area contributed by atoms with E-state index in [1.807, 2.05) is 0 Å². The number of aliphatic hydroxyl groups excluding tert-OH is 1. The Kier molecular flexibility index (Phi) is 6.09. The monoisotopic (exact) mass is 210 g/mol. The SMILES string of the molecule is CCC/C=C/CCC1=NCCN1CCO. The number of β-amino-alcohol motifs (C(OH)–C–C–N with tert-alkyl or cyclic N) is 1. The van der Waals surface area contributed by atoms with Crippen LogP contribution in [0, 0.1) is 0 Å². The minimum atomic E-state index is 0.227. The molecule has 0 atom stereocenters. The van der Waals surface area contributed by atoms with E-state index in [4.69, 9.17) is 5.11 Å². The molecule has 1 N–H and O–H groups in total. The second-order valence-electron chi connectivity index (χ2n) is 3.81. The number of allylic oxidation sites excluding steroid dienone is 2. The predicted molar refractivity (Wildman–Crippen MR) is 64.2 cm³/mol. The van der Waals surface area contributed by atoms with Crippen molar-refractivity contribution in [3.8, 4) is 0 Å². The molecule has 0 spiro atoms. The quantitative estimate of drug-likeness (QED) is 0.651. The lowest BCUT2D eigenvalue weighted by molar-refractivity contribution is 0.255. The minimum absolute atomic E-state index is 0.227. The molecule has 0 amide bonds. The van der Waals surface area contributed by atoms with Gasteiger partial charge in [-0.05, 0) is 12.8 Å². The molecule has 0 unspecified atom stereocenters. The van der Waals surface area contributed by atoms with Crippen molar-refractivity contribution >= 4 is 5.84 Å². The first-order chi connectivity index (χ1) is 7.38. The van der Waals surface area contributed by atoms with E-state index in [1.165, 1.54) is 18.7 Å². The number of rotatable bonds is 7. The fourth-order valence-corrected chi connectivity index (χ4v) is 1.74. The van der Waals surface area contributed by atoms with Gasteiger partial charge in [-0.2, -0.15) is 0 Å². The van der Waals surface area contributed by atoms with Crippen molar-refractivity contribution < 1.29 is 5.11 Å². The van der Waals surface area contributed by atoms with Crippen LogP contribution < -0.4 is 0 Å². The molecule has 1 aliphatic rings. The maximum absolute atomic E-state index is 8.88. The second kappa shape index (κ2) is 7.46. The average Bonchev–Trinajstić information content (AvgIpc) is 2.66. The van der Waals surface area contributed by atoms with E-state index in [2.05, 4.69) is 29.0 Å². The van der Waals surface area contributed by atoms with Crippen molar-refractivity contribution in [3.63, 3.8) is 0 Å². The summed E-state index contributed by atoms with van der Waals surface area (Å²) in [5, 5.41) is 8.88. The van der Waals surface area contributed by atoms with E-state index >= 15 is 0 Å². The van der Waals surface area contributed by atoms with Gasteiger partial charge in [-0.1, -0.05) is 25.5 Å². The summed E-state index contributed by atoms with van der Waals surface area (Å²) in [5.74, 6) is 1.17. The summed E-state index contributed by atoms with van der Waals surface area (Å²) < 4.78 is 0. The van der Waals surface area contributed by atoms with E-state index in [-0.39, 0.29) is 6.61 Å². The highest BCUT2D eigenvalue weighted by molar-refractivity contribution is 5.83. The Bertz CT molecular complexity index is 224. The van der Waals surface area contributed by atoms with E-state index < -0.39 is 0 Å². The lowest BCUT2D eigenvalue weighted by Crippen LogP contribution is -2.30. The van der Waals surface area contributed by atoms with Crippen molar-refractivity contribution in [2.45, 2.75) is 32.6 Å². The first kappa shape index (κ1) is 12.2. The van der Waals surface area contributed by atoms with Gasteiger partial charge in [0.05, 0.1) is 19.0 Å². The van der Waals surface area contributed by atoms with Crippen LogP contribution in [-0.4, -0.2) is 42.1 Å². The number of aliphatic imine (C=N–C) groups is 1. The highest BCUT2D eigenvalue weighted by atomic mass is 16.3. The van der Waals surface area contributed by atoms with Gasteiger partial charge in [-0.25, -0.2) is 0 Å². The van der Waals surface area contributed by atoms with E-state index in [0.29, 0.717) is 0 Å². The van der Waals surface area contributed by atoms with Gasteiger partial charge < -0.3 is 10.0 Å². The van der Waals surface area contributed by atoms with E-state index in [1.54, 1.807) is 0 Å². The molecule has 0 aliphatic carbocycles. The summed E-state index contributed by atoms with van der Waals surface area (Å²) in [6.45, 7) is 5.03. The zero-order valence-electron chi connectivity index (χ0n) is 9.65. The summed E-state index contributed by atoms with van der Waals surface area (Å²) in [4.78, 5) is 6.64. The van der Waals surface area contributed by atoms with Crippen LogP contribution in [0.3, 0.4) is 0 Å². The van der Waals surface area contributed by atoms with Gasteiger partial charge in [-0.15, -0.1) is 0 Å². The average molecular weight is 210 g/mol. The fourth-order valence-electron chi connectivity index (χ4n) is 1.74. The Balaban J connectivity index is 2.19. The Morgan fingerprint density at radius 2 is 2.20 bits per heavy atom. The number of aliphatic hydroxyl groups is 1. The molecule has 0 bridgehead atoms. The summed E-state index contributed by atoms with van der Waals surface area (Å²) in [6.07, 6.45) is 8.95. The number of amidine groups is 1. The normalized spacial score (nSPS) is 16.4. The van der Waals surface area contributed by atoms with Crippen LogP contribution in [0.25, 0.3) is 0 Å². The lowest BCUT2D eigenvalue weighted by atomic mass is 10.2. The smallest absolute Gasteiger partial charge is 0.0994 e. The van der Waals surface area contributed by atoms with E-state index in [0.717, 1.165) is 32.5 Å². The van der Waals surface area contributed by atoms with Gasteiger partial charge >= 0.3 is 0 Å². The molecule has 0 fully saturated rings.